The van der Waals surface area contributed by atoms with Gasteiger partial charge in [-0.15, -0.1) is 0 Å². The maximum absolute atomic E-state index is 8.86. The van der Waals surface area contributed by atoms with Crippen LogP contribution < -0.4 is 4.90 Å². The molecular formula is C15H17ClN4. The molecule has 1 aromatic heterocycles. The second-order valence-corrected chi connectivity index (χ2v) is 5.13. The van der Waals surface area contributed by atoms with Gasteiger partial charge in [-0.3, -0.25) is 0 Å². The predicted octanol–water partition coefficient (Wildman–Crippen LogP) is 3.24. The fraction of sp³-hybridized carbons (Fsp3) is 0.333. The number of imidazole rings is 1. The highest BCUT2D eigenvalue weighted by molar-refractivity contribution is 6.32. The van der Waals surface area contributed by atoms with Gasteiger partial charge in [-0.25, -0.2) is 4.98 Å². The summed E-state index contributed by atoms with van der Waals surface area (Å²) in [4.78, 5) is 6.34. The van der Waals surface area contributed by atoms with Gasteiger partial charge in [0.25, 0.3) is 0 Å². The Morgan fingerprint density at radius 1 is 1.45 bits per heavy atom. The molecule has 0 bridgehead atoms. The number of benzene rings is 1. The third-order valence-corrected chi connectivity index (χ3v) is 3.64. The van der Waals surface area contributed by atoms with Crippen LogP contribution in [0.15, 0.2) is 30.6 Å². The molecule has 0 fully saturated rings. The van der Waals surface area contributed by atoms with Crippen LogP contribution in [0.25, 0.3) is 0 Å². The van der Waals surface area contributed by atoms with Crippen molar-refractivity contribution in [1.82, 2.24) is 9.55 Å². The Hall–Kier alpha value is -1.99. The number of hydrogen-bond donors (Lipinski definition) is 0. The largest absolute Gasteiger partial charge is 0.374 e. The molecule has 4 nitrogen and oxygen atoms in total. The van der Waals surface area contributed by atoms with E-state index in [0.29, 0.717) is 10.6 Å². The molecule has 5 heteroatoms. The molecular weight excluding hydrogens is 272 g/mol. The van der Waals surface area contributed by atoms with E-state index in [1.165, 1.54) is 0 Å². The van der Waals surface area contributed by atoms with E-state index in [4.69, 9.17) is 16.9 Å². The third-order valence-electron chi connectivity index (χ3n) is 3.33. The number of nitrogens with zero attached hydrogens (tertiary/aromatic N) is 4. The highest BCUT2D eigenvalue weighted by atomic mass is 35.5. The van der Waals surface area contributed by atoms with Crippen LogP contribution in [0, 0.1) is 18.3 Å². The molecule has 0 saturated heterocycles. The minimum Gasteiger partial charge on any atom is -0.374 e. The average Bonchev–Trinajstić information content (AvgIpc) is 2.84. The van der Waals surface area contributed by atoms with Crippen LogP contribution in [-0.2, 0) is 6.54 Å². The van der Waals surface area contributed by atoms with Gasteiger partial charge in [0.15, 0.2) is 0 Å². The van der Waals surface area contributed by atoms with E-state index in [9.17, 15) is 0 Å². The number of hydrogen-bond acceptors (Lipinski definition) is 3. The maximum Gasteiger partial charge on any atom is 0.105 e. The van der Waals surface area contributed by atoms with Crippen LogP contribution in [0.3, 0.4) is 0 Å². The molecule has 0 saturated carbocycles. The first-order chi connectivity index (χ1) is 9.61. The second-order valence-electron chi connectivity index (χ2n) is 4.72. The summed E-state index contributed by atoms with van der Waals surface area (Å²) in [5, 5.41) is 9.37. The van der Waals surface area contributed by atoms with Gasteiger partial charge in [0.1, 0.15) is 11.9 Å². The molecule has 0 aliphatic carbocycles. The van der Waals surface area contributed by atoms with Gasteiger partial charge in [0.05, 0.1) is 10.6 Å². The van der Waals surface area contributed by atoms with Crippen molar-refractivity contribution in [3.8, 4) is 6.07 Å². The van der Waals surface area contributed by atoms with Crippen molar-refractivity contribution in [3.05, 3.63) is 47.0 Å². The van der Waals surface area contributed by atoms with Crippen LogP contribution in [0.4, 0.5) is 5.69 Å². The van der Waals surface area contributed by atoms with Crippen molar-refractivity contribution in [2.45, 2.75) is 19.9 Å². The maximum atomic E-state index is 8.86. The highest BCUT2D eigenvalue weighted by Gasteiger charge is 2.05. The minimum absolute atomic E-state index is 0.502. The number of aryl methyl sites for hydroxylation is 2. The lowest BCUT2D eigenvalue weighted by Crippen LogP contribution is -2.20. The van der Waals surface area contributed by atoms with E-state index in [1.807, 2.05) is 38.5 Å². The van der Waals surface area contributed by atoms with Crippen molar-refractivity contribution >= 4 is 17.3 Å². The summed E-state index contributed by atoms with van der Waals surface area (Å²) in [5.74, 6) is 1.04. The van der Waals surface area contributed by atoms with E-state index in [1.54, 1.807) is 6.07 Å². The Kier molecular flexibility index (Phi) is 4.65. The lowest BCUT2D eigenvalue weighted by molar-refractivity contribution is 0.623. The topological polar surface area (TPSA) is 44.9 Å². The average molecular weight is 289 g/mol. The van der Waals surface area contributed by atoms with E-state index in [0.717, 1.165) is 31.0 Å². The van der Waals surface area contributed by atoms with E-state index in [2.05, 4.69) is 20.5 Å². The number of rotatable bonds is 5. The van der Waals surface area contributed by atoms with Crippen LogP contribution in [-0.4, -0.2) is 23.1 Å². The summed E-state index contributed by atoms with van der Waals surface area (Å²) in [6.07, 6.45) is 4.83. The summed E-state index contributed by atoms with van der Waals surface area (Å²) in [5.41, 5.74) is 1.54. The summed E-state index contributed by atoms with van der Waals surface area (Å²) in [6.45, 7) is 3.87. The lowest BCUT2D eigenvalue weighted by Gasteiger charge is -2.20. The zero-order valence-electron chi connectivity index (χ0n) is 11.7. The molecule has 1 heterocycles. The van der Waals surface area contributed by atoms with Gasteiger partial charge < -0.3 is 9.47 Å². The normalized spacial score (nSPS) is 10.3. The lowest BCUT2D eigenvalue weighted by atomic mass is 10.2. The molecule has 0 amide bonds. The fourth-order valence-corrected chi connectivity index (χ4v) is 2.30. The van der Waals surface area contributed by atoms with Crippen LogP contribution in [0.1, 0.15) is 17.8 Å². The molecule has 0 radical (unpaired) electrons. The Balaban J connectivity index is 1.92. The molecule has 0 aliphatic heterocycles. The Bertz CT molecular complexity index is 627. The summed E-state index contributed by atoms with van der Waals surface area (Å²) in [7, 11) is 2.03. The van der Waals surface area contributed by atoms with Crippen LogP contribution in [0.5, 0.6) is 0 Å². The first kappa shape index (κ1) is 14.4. The molecule has 104 valence electrons. The van der Waals surface area contributed by atoms with E-state index >= 15 is 0 Å². The fourth-order valence-electron chi connectivity index (χ4n) is 2.08. The van der Waals surface area contributed by atoms with Gasteiger partial charge in [-0.2, -0.15) is 5.26 Å². The summed E-state index contributed by atoms with van der Waals surface area (Å²) in [6, 6.07) is 7.59. The molecule has 0 atom stereocenters. The SMILES string of the molecule is Cc1nccn1CCCN(C)c1ccc(C#N)c(Cl)c1. The second kappa shape index (κ2) is 6.44. The monoisotopic (exact) mass is 288 g/mol. The number of halogens is 1. The smallest absolute Gasteiger partial charge is 0.105 e. The van der Waals surface area contributed by atoms with Gasteiger partial charge >= 0.3 is 0 Å². The Morgan fingerprint density at radius 3 is 2.85 bits per heavy atom. The predicted molar refractivity (Wildman–Crippen MR) is 81.0 cm³/mol. The zero-order chi connectivity index (χ0) is 14.5. The molecule has 1 aromatic carbocycles. The molecule has 20 heavy (non-hydrogen) atoms. The Morgan fingerprint density at radius 2 is 2.25 bits per heavy atom. The molecule has 2 aromatic rings. The minimum atomic E-state index is 0.502. The quantitative estimate of drug-likeness (QED) is 0.848. The van der Waals surface area contributed by atoms with Gasteiger partial charge in [-0.1, -0.05) is 11.6 Å². The Labute approximate surface area is 124 Å². The highest BCUT2D eigenvalue weighted by Crippen LogP contribution is 2.22. The van der Waals surface area contributed by atoms with Crippen molar-refractivity contribution in [2.24, 2.45) is 0 Å². The van der Waals surface area contributed by atoms with E-state index < -0.39 is 0 Å². The molecule has 0 N–H and O–H groups in total. The van der Waals surface area contributed by atoms with Crippen molar-refractivity contribution in [1.29, 1.82) is 5.26 Å². The first-order valence-corrected chi connectivity index (χ1v) is 6.88. The number of aromatic nitrogens is 2. The summed E-state index contributed by atoms with van der Waals surface area (Å²) < 4.78 is 2.14. The van der Waals surface area contributed by atoms with E-state index in [-0.39, 0.29) is 0 Å². The van der Waals surface area contributed by atoms with Crippen LogP contribution >= 0.6 is 11.6 Å². The van der Waals surface area contributed by atoms with Gasteiger partial charge in [-0.05, 0) is 31.5 Å². The molecule has 0 unspecified atom stereocenters. The molecule has 0 aliphatic rings. The third kappa shape index (κ3) is 3.31. The standard InChI is InChI=1S/C15H17ClN4/c1-12-18-6-9-20(12)8-3-7-19(2)14-5-4-13(11-17)15(16)10-14/h4-6,9-10H,3,7-8H2,1-2H3. The first-order valence-electron chi connectivity index (χ1n) is 6.50. The van der Waals surface area contributed by atoms with Crippen molar-refractivity contribution < 1.29 is 0 Å². The molecule has 0 spiro atoms. The van der Waals surface area contributed by atoms with Crippen molar-refractivity contribution in [2.75, 3.05) is 18.5 Å². The number of nitriles is 1. The van der Waals surface area contributed by atoms with Crippen molar-refractivity contribution in [3.63, 3.8) is 0 Å². The van der Waals surface area contributed by atoms with Crippen LogP contribution in [0.2, 0.25) is 5.02 Å². The van der Waals surface area contributed by atoms with Gasteiger partial charge in [0, 0.05) is 38.2 Å². The molecule has 2 rings (SSSR count). The number of anilines is 1. The van der Waals surface area contributed by atoms with Gasteiger partial charge in [0.2, 0.25) is 0 Å². The zero-order valence-corrected chi connectivity index (χ0v) is 12.4. The summed E-state index contributed by atoms with van der Waals surface area (Å²) >= 11 is 6.05.